The molecule has 1 atom stereocenters. The summed E-state index contributed by atoms with van der Waals surface area (Å²) in [7, 11) is 0. The summed E-state index contributed by atoms with van der Waals surface area (Å²) >= 11 is 0. The number of hydrogen-bond donors (Lipinski definition) is 0. The number of nitrogens with zero attached hydrogens (tertiary/aromatic N) is 3. The summed E-state index contributed by atoms with van der Waals surface area (Å²) in [6.07, 6.45) is 5.37. The largest absolute Gasteiger partial charge is 0.461 e. The molecule has 3 heterocycles. The minimum atomic E-state index is 0.0115. The Labute approximate surface area is 292 Å². The molecule has 0 N–H and O–H groups in total. The molecule has 0 bridgehead atoms. The van der Waals surface area contributed by atoms with Crippen LogP contribution in [0.4, 0.5) is 0 Å². The van der Waals surface area contributed by atoms with Gasteiger partial charge in [0.05, 0.1) is 35.0 Å². The topological polar surface area (TPSA) is 51.3 Å². The third-order valence-electron chi connectivity index (χ3n) is 9.12. The Balaban J connectivity index is 1.08. The summed E-state index contributed by atoms with van der Waals surface area (Å²) in [5.41, 5.74) is 13.4. The lowest BCUT2D eigenvalue weighted by molar-refractivity contribution is 0.577. The van der Waals surface area contributed by atoms with Crippen LogP contribution in [0, 0.1) is 0 Å². The first-order chi connectivity index (χ1) is 24.7. The van der Waals surface area contributed by atoms with Gasteiger partial charge in [0.15, 0.2) is 11.6 Å². The number of allylic oxidation sites excluding steroid dienone is 3. The van der Waals surface area contributed by atoms with Crippen molar-refractivity contribution in [2.45, 2.75) is 5.92 Å². The van der Waals surface area contributed by atoms with E-state index in [0.717, 1.165) is 61.8 Å². The predicted octanol–water partition coefficient (Wildman–Crippen LogP) is 11.6. The van der Waals surface area contributed by atoms with Crippen molar-refractivity contribution in [2.24, 2.45) is 4.99 Å². The fourth-order valence-electron chi connectivity index (χ4n) is 6.54. The third-order valence-corrected chi connectivity index (χ3v) is 9.12. The van der Waals surface area contributed by atoms with Gasteiger partial charge in [0.2, 0.25) is 0 Å². The Morgan fingerprint density at radius 2 is 1.00 bits per heavy atom. The van der Waals surface area contributed by atoms with Crippen LogP contribution in [0.5, 0.6) is 0 Å². The third kappa shape index (κ3) is 5.95. The fraction of sp³-hybridized carbons (Fsp3) is 0.0217. The van der Waals surface area contributed by atoms with Crippen molar-refractivity contribution in [1.82, 2.24) is 9.97 Å². The minimum Gasteiger partial charge on any atom is -0.461 e. The standard InChI is InChI=1S/C46H33N3O/c1-3-39-40(4-2)47-45(44(39)37-14-9-6-10-15-37)38-27-21-34(22-28-38)33-19-25-36(26-20-33)42-30-41(48-46(49-42)43-16-11-29-50-43)35-23-17-32(18-24-35)31-12-7-5-8-13-31/h3-30,44H,1-2H2. The quantitative estimate of drug-likeness (QED) is 0.157. The zero-order chi connectivity index (χ0) is 33.9. The molecule has 0 saturated heterocycles. The molecule has 1 unspecified atom stereocenters. The number of aromatic nitrogens is 2. The van der Waals surface area contributed by atoms with Crippen molar-refractivity contribution in [1.29, 1.82) is 0 Å². The first kappa shape index (κ1) is 30.7. The van der Waals surface area contributed by atoms with Gasteiger partial charge in [-0.05, 0) is 63.2 Å². The number of aliphatic imine (C=N–C) groups is 1. The van der Waals surface area contributed by atoms with Crippen molar-refractivity contribution < 1.29 is 4.42 Å². The zero-order valence-corrected chi connectivity index (χ0v) is 27.4. The monoisotopic (exact) mass is 643 g/mol. The second-order valence-electron chi connectivity index (χ2n) is 12.1. The number of hydrogen-bond acceptors (Lipinski definition) is 4. The van der Waals surface area contributed by atoms with E-state index in [0.29, 0.717) is 11.6 Å². The van der Waals surface area contributed by atoms with E-state index in [1.807, 2.05) is 42.5 Å². The zero-order valence-electron chi connectivity index (χ0n) is 27.4. The van der Waals surface area contributed by atoms with Crippen LogP contribution in [0.1, 0.15) is 17.0 Å². The van der Waals surface area contributed by atoms with Crippen LogP contribution in [0.15, 0.2) is 204 Å². The molecule has 0 amide bonds. The van der Waals surface area contributed by atoms with Crippen molar-refractivity contribution in [3.8, 4) is 56.4 Å². The van der Waals surface area contributed by atoms with Crippen LogP contribution in [0.2, 0.25) is 0 Å². The van der Waals surface area contributed by atoms with E-state index in [2.05, 4.69) is 134 Å². The van der Waals surface area contributed by atoms with Crippen molar-refractivity contribution in [3.63, 3.8) is 0 Å². The van der Waals surface area contributed by atoms with E-state index in [1.54, 1.807) is 6.26 Å². The predicted molar refractivity (Wildman–Crippen MR) is 205 cm³/mol. The minimum absolute atomic E-state index is 0.0115. The average Bonchev–Trinajstić information content (AvgIpc) is 3.88. The van der Waals surface area contributed by atoms with E-state index >= 15 is 0 Å². The maximum absolute atomic E-state index is 5.71. The Morgan fingerprint density at radius 3 is 1.50 bits per heavy atom. The van der Waals surface area contributed by atoms with Crippen LogP contribution in [0.25, 0.3) is 56.4 Å². The van der Waals surface area contributed by atoms with E-state index < -0.39 is 0 Å². The number of rotatable bonds is 9. The van der Waals surface area contributed by atoms with Gasteiger partial charge in [0.25, 0.3) is 0 Å². The van der Waals surface area contributed by atoms with E-state index in [9.17, 15) is 0 Å². The highest BCUT2D eigenvalue weighted by atomic mass is 16.3. The van der Waals surface area contributed by atoms with Gasteiger partial charge in [0.1, 0.15) is 0 Å². The van der Waals surface area contributed by atoms with Gasteiger partial charge >= 0.3 is 0 Å². The molecule has 0 aliphatic carbocycles. The molecule has 5 aromatic carbocycles. The van der Waals surface area contributed by atoms with Gasteiger partial charge in [-0.1, -0.05) is 153 Å². The summed E-state index contributed by atoms with van der Waals surface area (Å²) in [5, 5.41) is 0. The molecule has 1 aliphatic rings. The van der Waals surface area contributed by atoms with Gasteiger partial charge in [-0.3, -0.25) is 4.99 Å². The van der Waals surface area contributed by atoms with Gasteiger partial charge in [-0.15, -0.1) is 0 Å². The van der Waals surface area contributed by atoms with Crippen LogP contribution in [-0.2, 0) is 0 Å². The summed E-state index contributed by atoms with van der Waals surface area (Å²) < 4.78 is 5.71. The number of benzene rings is 5. The van der Waals surface area contributed by atoms with Crippen molar-refractivity contribution in [3.05, 3.63) is 206 Å². The Hall–Kier alpha value is -6.65. The van der Waals surface area contributed by atoms with Crippen LogP contribution < -0.4 is 0 Å². The fourth-order valence-corrected chi connectivity index (χ4v) is 6.54. The van der Waals surface area contributed by atoms with Crippen LogP contribution >= 0.6 is 0 Å². The SMILES string of the molecule is C=CC1=C(C=C)C(c2ccccc2)C(c2ccc(-c3ccc(-c4cc(-c5ccc(-c6ccccc6)cc5)nc(-c5ccco5)n4)cc3)cc2)=N1. The normalized spacial score (nSPS) is 14.0. The molecule has 0 fully saturated rings. The molecule has 238 valence electrons. The highest BCUT2D eigenvalue weighted by Crippen LogP contribution is 2.39. The van der Waals surface area contributed by atoms with Gasteiger partial charge < -0.3 is 4.42 Å². The molecule has 2 aromatic heterocycles. The second kappa shape index (κ2) is 13.5. The molecule has 0 saturated carbocycles. The maximum atomic E-state index is 5.71. The molecule has 50 heavy (non-hydrogen) atoms. The molecule has 0 radical (unpaired) electrons. The van der Waals surface area contributed by atoms with Crippen LogP contribution in [0.3, 0.4) is 0 Å². The molecule has 7 aromatic rings. The molecule has 8 rings (SSSR count). The van der Waals surface area contributed by atoms with Gasteiger partial charge in [-0.2, -0.15) is 0 Å². The number of furan rings is 1. The Kier molecular flexibility index (Phi) is 8.26. The van der Waals surface area contributed by atoms with E-state index in [1.165, 1.54) is 11.1 Å². The first-order valence-corrected chi connectivity index (χ1v) is 16.6. The van der Waals surface area contributed by atoms with Crippen LogP contribution in [-0.4, -0.2) is 15.7 Å². The molecule has 4 heteroatoms. The summed E-state index contributed by atoms with van der Waals surface area (Å²) in [6, 6.07) is 52.2. The lowest BCUT2D eigenvalue weighted by atomic mass is 9.84. The van der Waals surface area contributed by atoms with Gasteiger partial charge in [0, 0.05) is 11.1 Å². The lowest BCUT2D eigenvalue weighted by Gasteiger charge is -2.17. The molecular formula is C46H33N3O. The summed E-state index contributed by atoms with van der Waals surface area (Å²) in [4.78, 5) is 14.8. The molecule has 0 spiro atoms. The Bertz CT molecular complexity index is 2350. The lowest BCUT2D eigenvalue weighted by Crippen LogP contribution is -2.12. The van der Waals surface area contributed by atoms with Gasteiger partial charge in [-0.25, -0.2) is 9.97 Å². The van der Waals surface area contributed by atoms with E-state index in [-0.39, 0.29) is 5.92 Å². The smallest absolute Gasteiger partial charge is 0.196 e. The molecule has 1 aliphatic heterocycles. The summed E-state index contributed by atoms with van der Waals surface area (Å²) in [6.45, 7) is 8.09. The second-order valence-corrected chi connectivity index (χ2v) is 12.1. The highest BCUT2D eigenvalue weighted by Gasteiger charge is 2.29. The van der Waals surface area contributed by atoms with Crippen molar-refractivity contribution >= 4 is 5.71 Å². The maximum Gasteiger partial charge on any atom is 0.196 e. The summed E-state index contributed by atoms with van der Waals surface area (Å²) in [5.74, 6) is 1.19. The molecule has 4 nitrogen and oxygen atoms in total. The van der Waals surface area contributed by atoms with Crippen molar-refractivity contribution in [2.75, 3.05) is 0 Å². The average molecular weight is 644 g/mol. The first-order valence-electron chi connectivity index (χ1n) is 16.6. The Morgan fingerprint density at radius 1 is 0.500 bits per heavy atom. The molecular weight excluding hydrogens is 611 g/mol. The van der Waals surface area contributed by atoms with E-state index in [4.69, 9.17) is 19.4 Å². The highest BCUT2D eigenvalue weighted by molar-refractivity contribution is 6.10.